The number of hydrogen-bond donors (Lipinski definition) is 1. The largest absolute Gasteiger partial charge is 0.441 e. The Kier molecular flexibility index (Phi) is 5.53. The van der Waals surface area contributed by atoms with E-state index in [0.29, 0.717) is 35.6 Å². The minimum Gasteiger partial charge on any atom is -0.441 e. The van der Waals surface area contributed by atoms with Crippen LogP contribution in [0.4, 0.5) is 0 Å². The second-order valence-corrected chi connectivity index (χ2v) is 6.71. The molecule has 0 atom stereocenters. The zero-order valence-electron chi connectivity index (χ0n) is 13.8. The predicted molar refractivity (Wildman–Crippen MR) is 93.9 cm³/mol. The molecule has 1 N–H and O–H groups in total. The Morgan fingerprint density at radius 3 is 2.75 bits per heavy atom. The summed E-state index contributed by atoms with van der Waals surface area (Å²) in [5.41, 5.74) is 0.925. The molecule has 0 unspecified atom stereocenters. The SMILES string of the molecule is CN1CCC(NC(=O)CCc2ncc(-c3ccc(Cl)cc3)o2)CC1. The highest BCUT2D eigenvalue weighted by Crippen LogP contribution is 2.22. The summed E-state index contributed by atoms with van der Waals surface area (Å²) in [5, 5.41) is 3.79. The summed E-state index contributed by atoms with van der Waals surface area (Å²) in [5.74, 6) is 1.34. The number of carbonyl (C=O) groups is 1. The van der Waals surface area contributed by atoms with Gasteiger partial charge >= 0.3 is 0 Å². The van der Waals surface area contributed by atoms with Crippen molar-refractivity contribution in [3.05, 3.63) is 41.4 Å². The normalized spacial score (nSPS) is 16.2. The van der Waals surface area contributed by atoms with E-state index >= 15 is 0 Å². The first-order chi connectivity index (χ1) is 11.6. The highest BCUT2D eigenvalue weighted by atomic mass is 35.5. The number of oxazole rings is 1. The van der Waals surface area contributed by atoms with E-state index in [1.807, 2.05) is 24.3 Å². The fraction of sp³-hybridized carbons (Fsp3) is 0.444. The van der Waals surface area contributed by atoms with Crippen LogP contribution in [0.2, 0.25) is 5.02 Å². The van der Waals surface area contributed by atoms with Gasteiger partial charge in [-0.2, -0.15) is 0 Å². The predicted octanol–water partition coefficient (Wildman–Crippen LogP) is 3.14. The summed E-state index contributed by atoms with van der Waals surface area (Å²) >= 11 is 5.88. The van der Waals surface area contributed by atoms with Crippen LogP contribution in [0.25, 0.3) is 11.3 Å². The lowest BCUT2D eigenvalue weighted by molar-refractivity contribution is -0.122. The molecule has 1 aliphatic rings. The maximum Gasteiger partial charge on any atom is 0.220 e. The van der Waals surface area contributed by atoms with Gasteiger partial charge in [0.1, 0.15) is 0 Å². The number of carbonyl (C=O) groups excluding carboxylic acids is 1. The Morgan fingerprint density at radius 2 is 2.04 bits per heavy atom. The van der Waals surface area contributed by atoms with E-state index in [1.54, 1.807) is 6.20 Å². The molecule has 0 aliphatic carbocycles. The molecule has 0 radical (unpaired) electrons. The average Bonchev–Trinajstić information content (AvgIpc) is 3.05. The van der Waals surface area contributed by atoms with E-state index in [-0.39, 0.29) is 5.91 Å². The van der Waals surface area contributed by atoms with Crippen molar-refractivity contribution in [3.63, 3.8) is 0 Å². The van der Waals surface area contributed by atoms with E-state index in [4.69, 9.17) is 16.0 Å². The molecule has 1 saturated heterocycles. The Labute approximate surface area is 147 Å². The monoisotopic (exact) mass is 347 g/mol. The van der Waals surface area contributed by atoms with Crippen LogP contribution in [-0.4, -0.2) is 42.0 Å². The Hall–Kier alpha value is -1.85. The number of halogens is 1. The maximum atomic E-state index is 12.1. The van der Waals surface area contributed by atoms with Crippen molar-refractivity contribution in [2.45, 2.75) is 31.7 Å². The zero-order valence-corrected chi connectivity index (χ0v) is 14.6. The van der Waals surface area contributed by atoms with Crippen molar-refractivity contribution in [1.82, 2.24) is 15.2 Å². The van der Waals surface area contributed by atoms with E-state index in [1.165, 1.54) is 0 Å². The third-order valence-electron chi connectivity index (χ3n) is 4.33. The lowest BCUT2D eigenvalue weighted by Crippen LogP contribution is -2.43. The van der Waals surface area contributed by atoms with Crippen LogP contribution in [0.3, 0.4) is 0 Å². The maximum absolute atomic E-state index is 12.1. The van der Waals surface area contributed by atoms with Crippen LogP contribution < -0.4 is 5.32 Å². The van der Waals surface area contributed by atoms with Gasteiger partial charge in [0.25, 0.3) is 0 Å². The van der Waals surface area contributed by atoms with Gasteiger partial charge in [0.2, 0.25) is 5.91 Å². The molecule has 0 saturated carbocycles. The lowest BCUT2D eigenvalue weighted by atomic mass is 10.1. The zero-order chi connectivity index (χ0) is 16.9. The Bertz CT molecular complexity index is 676. The number of nitrogens with zero attached hydrogens (tertiary/aromatic N) is 2. The second kappa shape index (κ2) is 7.81. The number of benzene rings is 1. The topological polar surface area (TPSA) is 58.4 Å². The van der Waals surface area contributed by atoms with Gasteiger partial charge in [-0.3, -0.25) is 4.79 Å². The Morgan fingerprint density at radius 1 is 1.33 bits per heavy atom. The molecule has 1 aromatic heterocycles. The minimum atomic E-state index is 0.0656. The average molecular weight is 348 g/mol. The number of hydrogen-bond acceptors (Lipinski definition) is 4. The van der Waals surface area contributed by atoms with Crippen LogP contribution >= 0.6 is 11.6 Å². The fourth-order valence-electron chi connectivity index (χ4n) is 2.85. The number of piperidine rings is 1. The molecule has 1 aromatic carbocycles. The first-order valence-corrected chi connectivity index (χ1v) is 8.66. The molecule has 5 nitrogen and oxygen atoms in total. The van der Waals surface area contributed by atoms with Gasteiger partial charge in [-0.15, -0.1) is 0 Å². The molecule has 128 valence electrons. The van der Waals surface area contributed by atoms with Gasteiger partial charge in [0.05, 0.1) is 6.20 Å². The van der Waals surface area contributed by atoms with Crippen molar-refractivity contribution in [1.29, 1.82) is 0 Å². The van der Waals surface area contributed by atoms with Gasteiger partial charge in [0.15, 0.2) is 11.7 Å². The van der Waals surface area contributed by atoms with Gasteiger partial charge in [-0.25, -0.2) is 4.98 Å². The summed E-state index contributed by atoms with van der Waals surface area (Å²) in [4.78, 5) is 18.6. The smallest absolute Gasteiger partial charge is 0.220 e. The third-order valence-corrected chi connectivity index (χ3v) is 4.58. The number of rotatable bonds is 5. The highest BCUT2D eigenvalue weighted by molar-refractivity contribution is 6.30. The second-order valence-electron chi connectivity index (χ2n) is 6.27. The highest BCUT2D eigenvalue weighted by Gasteiger charge is 2.18. The quantitative estimate of drug-likeness (QED) is 0.902. The molecular formula is C18H22ClN3O2. The molecule has 1 amide bonds. The Balaban J connectivity index is 1.48. The van der Waals surface area contributed by atoms with E-state index in [2.05, 4.69) is 22.2 Å². The number of likely N-dealkylation sites (tertiary alicyclic amines) is 1. The summed E-state index contributed by atoms with van der Waals surface area (Å²) in [6.45, 7) is 2.07. The standard InChI is InChI=1S/C18H22ClN3O2/c1-22-10-8-15(9-11-22)21-17(23)6-7-18-20-12-16(24-18)13-2-4-14(19)5-3-13/h2-5,12,15H,6-11H2,1H3,(H,21,23). The number of aromatic nitrogens is 1. The molecule has 0 spiro atoms. The van der Waals surface area contributed by atoms with Crippen molar-refractivity contribution < 1.29 is 9.21 Å². The van der Waals surface area contributed by atoms with E-state index in [0.717, 1.165) is 31.5 Å². The van der Waals surface area contributed by atoms with Crippen molar-refractivity contribution in [3.8, 4) is 11.3 Å². The van der Waals surface area contributed by atoms with Crippen molar-refractivity contribution in [2.75, 3.05) is 20.1 Å². The van der Waals surface area contributed by atoms with E-state index < -0.39 is 0 Å². The molecule has 1 aliphatic heterocycles. The van der Waals surface area contributed by atoms with Crippen molar-refractivity contribution in [2.24, 2.45) is 0 Å². The number of nitrogens with one attached hydrogen (secondary N) is 1. The van der Waals surface area contributed by atoms with Crippen LogP contribution in [-0.2, 0) is 11.2 Å². The molecule has 2 heterocycles. The molecular weight excluding hydrogens is 326 g/mol. The van der Waals surface area contributed by atoms with Crippen LogP contribution in [0, 0.1) is 0 Å². The van der Waals surface area contributed by atoms with Gasteiger partial charge in [-0.05, 0) is 57.2 Å². The third kappa shape index (κ3) is 4.58. The summed E-state index contributed by atoms with van der Waals surface area (Å²) in [7, 11) is 2.11. The molecule has 0 bridgehead atoms. The minimum absolute atomic E-state index is 0.0656. The first kappa shape index (κ1) is 17.0. The van der Waals surface area contributed by atoms with Crippen LogP contribution in [0.15, 0.2) is 34.9 Å². The van der Waals surface area contributed by atoms with Gasteiger partial charge < -0.3 is 14.6 Å². The van der Waals surface area contributed by atoms with Crippen molar-refractivity contribution >= 4 is 17.5 Å². The number of amides is 1. The fourth-order valence-corrected chi connectivity index (χ4v) is 2.97. The molecule has 3 rings (SSSR count). The first-order valence-electron chi connectivity index (χ1n) is 8.29. The lowest BCUT2D eigenvalue weighted by Gasteiger charge is -2.29. The summed E-state index contributed by atoms with van der Waals surface area (Å²) in [6.07, 6.45) is 4.62. The van der Waals surface area contributed by atoms with Crippen LogP contribution in [0.5, 0.6) is 0 Å². The summed E-state index contributed by atoms with van der Waals surface area (Å²) < 4.78 is 5.72. The van der Waals surface area contributed by atoms with E-state index in [9.17, 15) is 4.79 Å². The summed E-state index contributed by atoms with van der Waals surface area (Å²) in [6, 6.07) is 7.70. The molecule has 24 heavy (non-hydrogen) atoms. The van der Waals surface area contributed by atoms with Gasteiger partial charge in [0, 0.05) is 29.5 Å². The molecule has 2 aromatic rings. The van der Waals surface area contributed by atoms with Crippen LogP contribution in [0.1, 0.15) is 25.2 Å². The molecule has 6 heteroatoms. The molecule has 1 fully saturated rings. The number of aryl methyl sites for hydroxylation is 1. The van der Waals surface area contributed by atoms with Gasteiger partial charge in [-0.1, -0.05) is 11.6 Å².